The van der Waals surface area contributed by atoms with Crippen LogP contribution in [0, 0.1) is 5.92 Å². The van der Waals surface area contributed by atoms with Gasteiger partial charge in [-0.2, -0.15) is 0 Å². The highest BCUT2D eigenvalue weighted by molar-refractivity contribution is 4.87. The van der Waals surface area contributed by atoms with E-state index >= 15 is 0 Å². The summed E-state index contributed by atoms with van der Waals surface area (Å²) in [5.74, 6) is -0.0182. The fraction of sp³-hybridized carbons (Fsp3) is 1.00. The number of hydrogen-bond acceptors (Lipinski definition) is 3. The zero-order valence-electron chi connectivity index (χ0n) is 20.1. The van der Waals surface area contributed by atoms with Crippen LogP contribution in [0.5, 0.6) is 0 Å². The molecule has 0 N–H and O–H groups in total. The van der Waals surface area contributed by atoms with Crippen LogP contribution in [0.3, 0.4) is 0 Å². The summed E-state index contributed by atoms with van der Waals surface area (Å²) in [6, 6.07) is 0.343. The van der Waals surface area contributed by atoms with Crippen LogP contribution in [0.15, 0.2) is 0 Å². The van der Waals surface area contributed by atoms with Crippen molar-refractivity contribution in [2.75, 3.05) is 45.6 Å². The molecule has 18 heavy (non-hydrogen) atoms. The summed E-state index contributed by atoms with van der Waals surface area (Å²) < 4.78 is 67.2. The van der Waals surface area contributed by atoms with Crippen molar-refractivity contribution in [3.63, 3.8) is 0 Å². The van der Waals surface area contributed by atoms with Crippen LogP contribution >= 0.6 is 0 Å². The van der Waals surface area contributed by atoms with Crippen LogP contribution in [-0.2, 0) is 0 Å². The van der Waals surface area contributed by atoms with E-state index in [0.29, 0.717) is 24.0 Å². The molecular weight excluding hydrogens is 222 g/mol. The normalized spacial score (nSPS) is 43.4. The predicted molar refractivity (Wildman–Crippen MR) is 78.0 cm³/mol. The molecule has 3 nitrogen and oxygen atoms in total. The van der Waals surface area contributed by atoms with Crippen LogP contribution in [-0.4, -0.2) is 71.9 Å². The molecule has 2 saturated heterocycles. The van der Waals surface area contributed by atoms with E-state index in [2.05, 4.69) is 4.90 Å². The third-order valence-electron chi connectivity index (χ3n) is 3.42. The van der Waals surface area contributed by atoms with E-state index in [4.69, 9.17) is 11.0 Å². The van der Waals surface area contributed by atoms with Crippen molar-refractivity contribution in [1.29, 1.82) is 0 Å². The topological polar surface area (TPSA) is 9.72 Å². The van der Waals surface area contributed by atoms with Crippen LogP contribution in [0.1, 0.15) is 45.6 Å². The molecule has 0 saturated carbocycles. The Morgan fingerprint density at radius 1 is 1.11 bits per heavy atom. The highest BCUT2D eigenvalue weighted by Crippen LogP contribution is 2.21. The summed E-state index contributed by atoms with van der Waals surface area (Å²) in [6.45, 7) is -0.664. The van der Waals surface area contributed by atoms with Gasteiger partial charge in [0.25, 0.3) is 0 Å². The molecule has 3 heteroatoms. The summed E-state index contributed by atoms with van der Waals surface area (Å²) >= 11 is 0. The minimum absolute atomic E-state index is 0.0182. The van der Waals surface area contributed by atoms with Gasteiger partial charge in [0.15, 0.2) is 0 Å². The van der Waals surface area contributed by atoms with E-state index in [1.165, 1.54) is 0 Å². The molecule has 2 rings (SSSR count). The fourth-order valence-corrected chi connectivity index (χ4v) is 2.11. The second kappa shape index (κ2) is 5.48. The molecule has 0 aliphatic carbocycles. The molecule has 0 amide bonds. The first-order chi connectivity index (χ1) is 11.4. The van der Waals surface area contributed by atoms with Crippen LogP contribution < -0.4 is 0 Å². The molecule has 2 heterocycles. The molecule has 0 aromatic rings. The smallest absolute Gasteiger partial charge is 0.0444 e. The van der Waals surface area contributed by atoms with Crippen LogP contribution in [0.2, 0.25) is 0 Å². The highest BCUT2D eigenvalue weighted by atomic mass is 15.3. The Morgan fingerprint density at radius 2 is 1.67 bits per heavy atom. The van der Waals surface area contributed by atoms with Crippen molar-refractivity contribution < 1.29 is 11.0 Å². The number of nitrogens with zero attached hydrogens (tertiary/aromatic N) is 3. The predicted octanol–water partition coefficient (Wildman–Crippen LogP) is 1.74. The van der Waals surface area contributed by atoms with Crippen molar-refractivity contribution in [3.8, 4) is 0 Å². The lowest BCUT2D eigenvalue weighted by Gasteiger charge is -2.47. The first-order valence-electron chi connectivity index (χ1n) is 10.7. The Hall–Kier alpha value is -0.120. The van der Waals surface area contributed by atoms with Crippen molar-refractivity contribution in [2.24, 2.45) is 5.92 Å². The van der Waals surface area contributed by atoms with Gasteiger partial charge in [-0.15, -0.1) is 0 Å². The van der Waals surface area contributed by atoms with E-state index in [0.717, 1.165) is 4.90 Å². The molecule has 0 unspecified atom stereocenters. The summed E-state index contributed by atoms with van der Waals surface area (Å²) in [4.78, 5) is 3.65. The largest absolute Gasteiger partial charge is 0.300 e. The van der Waals surface area contributed by atoms with Gasteiger partial charge in [0.1, 0.15) is 0 Å². The Bertz CT molecular complexity index is 509. The molecular formula is C15H31N3. The molecule has 2 aliphatic heterocycles. The van der Waals surface area contributed by atoms with Crippen LogP contribution in [0.4, 0.5) is 0 Å². The molecule has 0 radical (unpaired) electrons. The summed E-state index contributed by atoms with van der Waals surface area (Å²) in [5.41, 5.74) is -1.11. The fourth-order valence-electron chi connectivity index (χ4n) is 2.11. The Balaban J connectivity index is 2.41. The van der Waals surface area contributed by atoms with Gasteiger partial charge in [0.05, 0.1) is 0 Å². The molecule has 0 atom stereocenters. The molecule has 0 aromatic heterocycles. The van der Waals surface area contributed by atoms with Gasteiger partial charge in [-0.1, -0.05) is 0 Å². The number of piperazine rings is 1. The first-order valence-corrected chi connectivity index (χ1v) is 6.70. The van der Waals surface area contributed by atoms with Crippen molar-refractivity contribution >= 4 is 0 Å². The zero-order valence-corrected chi connectivity index (χ0v) is 12.1. The van der Waals surface area contributed by atoms with E-state index in [1.807, 2.05) is 13.8 Å². The van der Waals surface area contributed by atoms with Gasteiger partial charge in [-0.25, -0.2) is 0 Å². The van der Waals surface area contributed by atoms with Gasteiger partial charge >= 0.3 is 0 Å². The van der Waals surface area contributed by atoms with Crippen molar-refractivity contribution in [1.82, 2.24) is 14.7 Å². The number of hydrogen-bond donors (Lipinski definition) is 0. The maximum absolute atomic E-state index is 8.41. The second-order valence-corrected chi connectivity index (χ2v) is 6.48. The molecule has 0 bridgehead atoms. The van der Waals surface area contributed by atoms with Gasteiger partial charge in [0, 0.05) is 68.2 Å². The summed E-state index contributed by atoms with van der Waals surface area (Å²) in [5, 5.41) is 0. The highest BCUT2D eigenvalue weighted by Gasteiger charge is 2.32. The average molecular weight is 261 g/mol. The van der Waals surface area contributed by atoms with Gasteiger partial charge in [-0.3, -0.25) is 4.90 Å². The average Bonchev–Trinajstić information content (AvgIpc) is 2.31. The third kappa shape index (κ3) is 3.46. The molecule has 0 spiro atoms. The summed E-state index contributed by atoms with van der Waals surface area (Å²) in [6.07, 6.45) is 0. The van der Waals surface area contributed by atoms with E-state index < -0.39 is 31.5 Å². The quantitative estimate of drug-likeness (QED) is 0.766. The maximum Gasteiger partial charge on any atom is 0.0444 e. The van der Waals surface area contributed by atoms with E-state index in [-0.39, 0.29) is 12.5 Å². The van der Waals surface area contributed by atoms with Crippen molar-refractivity contribution in [3.05, 3.63) is 0 Å². The van der Waals surface area contributed by atoms with E-state index in [1.54, 1.807) is 20.8 Å². The molecule has 2 aliphatic rings. The Labute approximate surface area is 124 Å². The number of likely N-dealkylation sites (tertiary alicyclic amines) is 1. The molecule has 0 aromatic carbocycles. The molecule has 2 fully saturated rings. The Morgan fingerprint density at radius 3 is 2.11 bits per heavy atom. The van der Waals surface area contributed by atoms with E-state index in [9.17, 15) is 0 Å². The standard InChI is InChI=1S/C15H31N3/c1-13(2)17-11-14(12-17)10-16-6-8-18(9-7-16)15(3,4)5/h13-14H,6-12H2,1-5H3/i6D2,7D2,8D2,9D2. The minimum Gasteiger partial charge on any atom is -0.300 e. The Kier molecular flexibility index (Phi) is 2.15. The maximum atomic E-state index is 8.41. The lowest BCUT2D eigenvalue weighted by atomic mass is 9.97. The zero-order chi connectivity index (χ0) is 20.5. The van der Waals surface area contributed by atoms with Crippen LogP contribution in [0.25, 0.3) is 0 Å². The minimum atomic E-state index is -2.71. The molecule has 106 valence electrons. The van der Waals surface area contributed by atoms with Gasteiger partial charge in [0.2, 0.25) is 0 Å². The summed E-state index contributed by atoms with van der Waals surface area (Å²) in [7, 11) is 0. The number of rotatable bonds is 3. The lowest BCUT2D eigenvalue weighted by molar-refractivity contribution is 0.0132. The third-order valence-corrected chi connectivity index (χ3v) is 3.42. The SMILES string of the molecule is [2H]C1([2H])N(CC2CN(C(C)C)C2)C([2H])([2H])C([2H])([2H])N(C(C)(C)C)C1([2H])[2H]. The first kappa shape index (κ1) is 7.05. The lowest BCUT2D eigenvalue weighted by Crippen LogP contribution is -2.58. The monoisotopic (exact) mass is 261 g/mol. The van der Waals surface area contributed by atoms with Crippen molar-refractivity contribution in [2.45, 2.75) is 46.2 Å². The van der Waals surface area contributed by atoms with Gasteiger partial charge in [-0.05, 0) is 40.5 Å². The second-order valence-electron chi connectivity index (χ2n) is 6.48. The van der Waals surface area contributed by atoms with Gasteiger partial charge < -0.3 is 9.80 Å².